The van der Waals surface area contributed by atoms with Gasteiger partial charge < -0.3 is 14.8 Å². The predicted molar refractivity (Wildman–Crippen MR) is 125 cm³/mol. The van der Waals surface area contributed by atoms with Crippen LogP contribution < -0.4 is 14.8 Å². The Bertz CT molecular complexity index is 1320. The van der Waals surface area contributed by atoms with Crippen molar-refractivity contribution in [3.05, 3.63) is 95.3 Å². The minimum Gasteiger partial charge on any atom is -0.493 e. The number of nitrogens with zero attached hydrogens (tertiary/aromatic N) is 3. The molecule has 0 saturated carbocycles. The van der Waals surface area contributed by atoms with Gasteiger partial charge >= 0.3 is 0 Å². The summed E-state index contributed by atoms with van der Waals surface area (Å²) in [6.07, 6.45) is 5.96. The van der Waals surface area contributed by atoms with Crippen molar-refractivity contribution in [2.24, 2.45) is 0 Å². The van der Waals surface area contributed by atoms with E-state index in [9.17, 15) is 9.18 Å². The molecule has 4 aromatic rings. The second kappa shape index (κ2) is 9.35. The van der Waals surface area contributed by atoms with Crippen molar-refractivity contribution in [1.82, 2.24) is 14.8 Å². The van der Waals surface area contributed by atoms with Crippen LogP contribution in [0.25, 0.3) is 5.69 Å². The molecule has 0 aliphatic heterocycles. The zero-order valence-electron chi connectivity index (χ0n) is 18.6. The van der Waals surface area contributed by atoms with Crippen LogP contribution in [0.3, 0.4) is 0 Å². The van der Waals surface area contributed by atoms with E-state index in [-0.39, 0.29) is 11.7 Å². The number of hydrogen-bond acceptors (Lipinski definition) is 5. The number of nitrogens with one attached hydrogen (secondary N) is 1. The Morgan fingerprint density at radius 1 is 1.06 bits per heavy atom. The first-order valence-electron chi connectivity index (χ1n) is 11.0. The van der Waals surface area contributed by atoms with E-state index < -0.39 is 0 Å². The minimum atomic E-state index is -0.313. The highest BCUT2D eigenvalue weighted by Crippen LogP contribution is 2.32. The molecular weight excluding hydrogens is 435 g/mol. The van der Waals surface area contributed by atoms with E-state index in [1.165, 1.54) is 12.1 Å². The lowest BCUT2D eigenvalue weighted by molar-refractivity contribution is 0.102. The molecule has 1 N–H and O–H groups in total. The normalized spacial score (nSPS) is 12.3. The van der Waals surface area contributed by atoms with E-state index in [0.29, 0.717) is 29.5 Å². The monoisotopic (exact) mass is 458 g/mol. The molecule has 1 aliphatic rings. The molecule has 8 heteroatoms. The van der Waals surface area contributed by atoms with E-state index >= 15 is 0 Å². The van der Waals surface area contributed by atoms with Crippen molar-refractivity contribution in [3.63, 3.8) is 0 Å². The van der Waals surface area contributed by atoms with Crippen molar-refractivity contribution >= 4 is 11.6 Å². The molecule has 5 rings (SSSR count). The van der Waals surface area contributed by atoms with Crippen LogP contribution in [0.15, 0.2) is 67.0 Å². The highest BCUT2D eigenvalue weighted by molar-refractivity contribution is 6.04. The summed E-state index contributed by atoms with van der Waals surface area (Å²) in [5, 5.41) is 7.51. The molecule has 0 unspecified atom stereocenters. The molecule has 0 spiro atoms. The third-order valence-corrected chi connectivity index (χ3v) is 5.78. The Kier molecular flexibility index (Phi) is 5.95. The van der Waals surface area contributed by atoms with Gasteiger partial charge in [-0.05, 0) is 73.4 Å². The summed E-state index contributed by atoms with van der Waals surface area (Å²) in [6.45, 7) is 0.339. The average molecular weight is 458 g/mol. The number of carbonyl (C=O) groups is 1. The summed E-state index contributed by atoms with van der Waals surface area (Å²) in [6, 6.07) is 15.1. The Labute approximate surface area is 196 Å². The van der Waals surface area contributed by atoms with Crippen molar-refractivity contribution in [2.45, 2.75) is 25.9 Å². The SMILES string of the molecule is COc1ccc(NC(=O)c2nn(-c3ccc(F)cc3)c3c2CCC3)cc1OCc1ccncc1. The van der Waals surface area contributed by atoms with Gasteiger partial charge in [0.25, 0.3) is 5.91 Å². The lowest BCUT2D eigenvalue weighted by atomic mass is 10.2. The van der Waals surface area contributed by atoms with Crippen molar-refractivity contribution in [2.75, 3.05) is 12.4 Å². The van der Waals surface area contributed by atoms with Crippen LogP contribution in [0.1, 0.15) is 33.7 Å². The standard InChI is InChI=1S/C26H23FN4O3/c1-33-23-10-7-19(15-24(23)34-16-17-11-13-28-14-12-17)29-26(32)25-21-3-2-4-22(21)31(30-25)20-8-5-18(27)6-9-20/h5-15H,2-4,16H2,1H3,(H,29,32). The molecule has 2 aromatic heterocycles. The van der Waals surface area contributed by atoms with Gasteiger partial charge in [-0.25, -0.2) is 9.07 Å². The van der Waals surface area contributed by atoms with Crippen LogP contribution in [0.4, 0.5) is 10.1 Å². The minimum absolute atomic E-state index is 0.302. The van der Waals surface area contributed by atoms with Crippen LogP contribution in [0.2, 0.25) is 0 Å². The summed E-state index contributed by atoms with van der Waals surface area (Å²) < 4.78 is 26.5. The summed E-state index contributed by atoms with van der Waals surface area (Å²) >= 11 is 0. The first kappa shape index (κ1) is 21.6. The quantitative estimate of drug-likeness (QED) is 0.433. The zero-order valence-corrected chi connectivity index (χ0v) is 18.6. The summed E-state index contributed by atoms with van der Waals surface area (Å²) in [4.78, 5) is 17.2. The van der Waals surface area contributed by atoms with Crippen molar-refractivity contribution < 1.29 is 18.7 Å². The molecule has 0 bridgehead atoms. The Morgan fingerprint density at radius 2 is 1.85 bits per heavy atom. The number of pyridine rings is 1. The number of halogens is 1. The molecule has 0 radical (unpaired) electrons. The van der Waals surface area contributed by atoms with Crippen molar-refractivity contribution in [1.29, 1.82) is 0 Å². The van der Waals surface area contributed by atoms with Gasteiger partial charge in [0.15, 0.2) is 17.2 Å². The molecule has 2 aromatic carbocycles. The van der Waals surface area contributed by atoms with E-state index in [1.54, 1.807) is 54.5 Å². The molecule has 1 aliphatic carbocycles. The maximum atomic E-state index is 13.4. The molecule has 1 amide bonds. The molecule has 0 fully saturated rings. The van der Waals surface area contributed by atoms with Gasteiger partial charge in [-0.2, -0.15) is 5.10 Å². The molecule has 2 heterocycles. The summed E-state index contributed by atoms with van der Waals surface area (Å²) in [5.74, 6) is 0.462. The highest BCUT2D eigenvalue weighted by Gasteiger charge is 2.27. The molecule has 0 atom stereocenters. The topological polar surface area (TPSA) is 78.3 Å². The fraction of sp³-hybridized carbons (Fsp3) is 0.192. The fourth-order valence-electron chi connectivity index (χ4n) is 4.11. The number of rotatable bonds is 7. The molecule has 172 valence electrons. The van der Waals surface area contributed by atoms with Gasteiger partial charge in [0, 0.05) is 35.4 Å². The molecular formula is C26H23FN4O3. The van der Waals surface area contributed by atoms with E-state index in [2.05, 4.69) is 15.4 Å². The number of benzene rings is 2. The number of carbonyl (C=O) groups excluding carboxylic acids is 1. The Morgan fingerprint density at radius 3 is 2.62 bits per heavy atom. The maximum absolute atomic E-state index is 13.4. The first-order chi connectivity index (χ1) is 16.6. The van der Waals surface area contributed by atoms with Gasteiger partial charge in [0.1, 0.15) is 12.4 Å². The van der Waals surface area contributed by atoms with Crippen molar-refractivity contribution in [3.8, 4) is 17.2 Å². The third-order valence-electron chi connectivity index (χ3n) is 5.78. The smallest absolute Gasteiger partial charge is 0.276 e. The molecule has 0 saturated heterocycles. The summed E-state index contributed by atoms with van der Waals surface area (Å²) in [7, 11) is 1.57. The van der Waals surface area contributed by atoms with Crippen LogP contribution in [0, 0.1) is 5.82 Å². The first-order valence-corrected chi connectivity index (χ1v) is 11.0. The van der Waals surface area contributed by atoms with Gasteiger partial charge in [-0.3, -0.25) is 9.78 Å². The van der Waals surface area contributed by atoms with Gasteiger partial charge in [0.2, 0.25) is 0 Å². The summed E-state index contributed by atoms with van der Waals surface area (Å²) in [5.41, 5.74) is 4.58. The number of methoxy groups -OCH3 is 1. The number of anilines is 1. The van der Waals surface area contributed by atoms with E-state index in [0.717, 1.165) is 41.8 Å². The average Bonchev–Trinajstić information content (AvgIpc) is 3.47. The van der Waals surface area contributed by atoms with Crippen LogP contribution in [0.5, 0.6) is 11.5 Å². The Balaban J connectivity index is 1.38. The van der Waals surface area contributed by atoms with Crippen LogP contribution in [-0.4, -0.2) is 27.8 Å². The lowest BCUT2D eigenvalue weighted by Gasteiger charge is -2.13. The Hall–Kier alpha value is -4.20. The van der Waals surface area contributed by atoms with E-state index in [1.807, 2.05) is 12.1 Å². The number of fused-ring (bicyclic) bond motifs is 1. The number of aromatic nitrogens is 3. The van der Waals surface area contributed by atoms with Gasteiger partial charge in [-0.15, -0.1) is 0 Å². The van der Waals surface area contributed by atoms with Crippen LogP contribution in [-0.2, 0) is 19.4 Å². The molecule has 34 heavy (non-hydrogen) atoms. The van der Waals surface area contributed by atoms with E-state index in [4.69, 9.17) is 9.47 Å². The molecule has 7 nitrogen and oxygen atoms in total. The highest BCUT2D eigenvalue weighted by atomic mass is 19.1. The number of hydrogen-bond donors (Lipinski definition) is 1. The number of amides is 1. The predicted octanol–water partition coefficient (Wildman–Crippen LogP) is 4.74. The van der Waals surface area contributed by atoms with Gasteiger partial charge in [-0.1, -0.05) is 0 Å². The third kappa shape index (κ3) is 4.34. The van der Waals surface area contributed by atoms with Crippen LogP contribution >= 0.6 is 0 Å². The van der Waals surface area contributed by atoms with Gasteiger partial charge in [0.05, 0.1) is 12.8 Å². The maximum Gasteiger partial charge on any atom is 0.276 e. The second-order valence-corrected chi connectivity index (χ2v) is 7.98. The zero-order chi connectivity index (χ0) is 23.5. The second-order valence-electron chi connectivity index (χ2n) is 7.98. The lowest BCUT2D eigenvalue weighted by Crippen LogP contribution is -2.15. The fourth-order valence-corrected chi connectivity index (χ4v) is 4.11. The largest absolute Gasteiger partial charge is 0.493 e. The number of ether oxygens (including phenoxy) is 2.